The smallest absolute Gasteiger partial charge is 0.426 e. The molecule has 0 fully saturated rings. The quantitative estimate of drug-likeness (QED) is 0.172. The highest BCUT2D eigenvalue weighted by molar-refractivity contribution is 6.43. The zero-order chi connectivity index (χ0) is 28.5. The third-order valence-corrected chi connectivity index (χ3v) is 6.87. The van der Waals surface area contributed by atoms with Crippen molar-refractivity contribution in [2.45, 2.75) is 25.2 Å². The number of rotatable bonds is 12. The average molecular weight is 567 g/mol. The van der Waals surface area contributed by atoms with Crippen molar-refractivity contribution in [1.29, 1.82) is 0 Å². The molecule has 0 spiro atoms. The number of anilines is 1. The molecule has 2 atom stereocenters. The standard InChI is InChI=1S/C29H29BCl2N2O5/c1-3-28(36)34(2)23-11-7-10-20(15-23)14-21(17-26(35)24-18-22(31)12-13-25(24)32)29(37)33-27(30(38)39)16-19-8-5-4-6-9-19/h3-13,15,18,21,27,38-39H,1,14,16-17H2,2H3,(H,33,37)/t21-,27+/m1/s1. The van der Waals surface area contributed by atoms with Crippen molar-refractivity contribution in [2.24, 2.45) is 5.92 Å². The maximum absolute atomic E-state index is 13.5. The zero-order valence-corrected chi connectivity index (χ0v) is 22.9. The Morgan fingerprint density at radius 1 is 0.974 bits per heavy atom. The lowest BCUT2D eigenvalue weighted by Gasteiger charge is -2.23. The van der Waals surface area contributed by atoms with Crippen molar-refractivity contribution < 1.29 is 24.4 Å². The van der Waals surface area contributed by atoms with E-state index in [0.29, 0.717) is 16.3 Å². The zero-order valence-electron chi connectivity index (χ0n) is 21.4. The summed E-state index contributed by atoms with van der Waals surface area (Å²) in [4.78, 5) is 40.3. The van der Waals surface area contributed by atoms with E-state index >= 15 is 0 Å². The van der Waals surface area contributed by atoms with E-state index in [9.17, 15) is 24.4 Å². The summed E-state index contributed by atoms with van der Waals surface area (Å²) in [6.45, 7) is 3.50. The fourth-order valence-corrected chi connectivity index (χ4v) is 4.54. The number of benzene rings is 3. The molecule has 39 heavy (non-hydrogen) atoms. The van der Waals surface area contributed by atoms with Gasteiger partial charge in [0.25, 0.3) is 0 Å². The number of nitrogens with one attached hydrogen (secondary N) is 1. The van der Waals surface area contributed by atoms with E-state index in [-0.39, 0.29) is 41.5 Å². The molecule has 0 aliphatic heterocycles. The maximum atomic E-state index is 13.5. The van der Waals surface area contributed by atoms with Crippen LogP contribution in [0.1, 0.15) is 27.9 Å². The van der Waals surface area contributed by atoms with Crippen LogP contribution in [-0.4, -0.2) is 47.8 Å². The monoisotopic (exact) mass is 566 g/mol. The van der Waals surface area contributed by atoms with Gasteiger partial charge in [-0.05, 0) is 60.4 Å². The van der Waals surface area contributed by atoms with E-state index in [1.807, 2.05) is 30.3 Å². The summed E-state index contributed by atoms with van der Waals surface area (Å²) in [7, 11) is -0.218. The van der Waals surface area contributed by atoms with Gasteiger partial charge in [0.2, 0.25) is 11.8 Å². The molecule has 0 radical (unpaired) electrons. The van der Waals surface area contributed by atoms with Gasteiger partial charge in [0.15, 0.2) is 5.78 Å². The first-order chi connectivity index (χ1) is 18.6. The normalized spacial score (nSPS) is 12.2. The number of nitrogens with zero attached hydrogens (tertiary/aromatic N) is 1. The van der Waals surface area contributed by atoms with Gasteiger partial charge >= 0.3 is 7.12 Å². The number of ketones is 1. The minimum Gasteiger partial charge on any atom is -0.426 e. The minimum absolute atomic E-state index is 0.138. The topological polar surface area (TPSA) is 107 Å². The van der Waals surface area contributed by atoms with E-state index < -0.39 is 24.9 Å². The Bertz CT molecular complexity index is 1340. The molecule has 0 aliphatic carbocycles. The van der Waals surface area contributed by atoms with Gasteiger partial charge in [-0.2, -0.15) is 0 Å². The second-order valence-electron chi connectivity index (χ2n) is 9.14. The lowest BCUT2D eigenvalue weighted by molar-refractivity contribution is -0.125. The summed E-state index contributed by atoms with van der Waals surface area (Å²) in [5, 5.41) is 23.2. The van der Waals surface area contributed by atoms with E-state index in [2.05, 4.69) is 11.9 Å². The van der Waals surface area contributed by atoms with E-state index in [1.54, 1.807) is 37.4 Å². The Hall–Kier alpha value is -3.43. The van der Waals surface area contributed by atoms with Crippen molar-refractivity contribution in [1.82, 2.24) is 5.32 Å². The number of Topliss-reactive ketones (excluding diaryl/α,β-unsaturated/α-hetero) is 1. The summed E-state index contributed by atoms with van der Waals surface area (Å²) in [5.74, 6) is -3.11. The van der Waals surface area contributed by atoms with Crippen molar-refractivity contribution in [3.8, 4) is 0 Å². The van der Waals surface area contributed by atoms with Crippen LogP contribution in [0.15, 0.2) is 85.5 Å². The van der Waals surface area contributed by atoms with Gasteiger partial charge in [0.1, 0.15) is 0 Å². The molecular weight excluding hydrogens is 538 g/mol. The third kappa shape index (κ3) is 8.53. The average Bonchev–Trinajstić information content (AvgIpc) is 2.93. The van der Waals surface area contributed by atoms with E-state index in [0.717, 1.165) is 5.56 Å². The van der Waals surface area contributed by atoms with Crippen LogP contribution in [-0.2, 0) is 22.4 Å². The molecule has 3 aromatic carbocycles. The van der Waals surface area contributed by atoms with Gasteiger partial charge in [-0.15, -0.1) is 0 Å². The van der Waals surface area contributed by atoms with Gasteiger partial charge in [0, 0.05) is 35.7 Å². The molecule has 7 nitrogen and oxygen atoms in total. The highest BCUT2D eigenvalue weighted by atomic mass is 35.5. The van der Waals surface area contributed by atoms with Crippen molar-refractivity contribution in [2.75, 3.05) is 11.9 Å². The molecule has 0 saturated carbocycles. The lowest BCUT2D eigenvalue weighted by atomic mass is 9.75. The fraction of sp³-hybridized carbons (Fsp3) is 0.207. The summed E-state index contributed by atoms with van der Waals surface area (Å²) >= 11 is 12.3. The van der Waals surface area contributed by atoms with Crippen LogP contribution in [0, 0.1) is 5.92 Å². The minimum atomic E-state index is -1.82. The van der Waals surface area contributed by atoms with E-state index in [4.69, 9.17) is 23.2 Å². The first-order valence-corrected chi connectivity index (χ1v) is 13.0. The maximum Gasteiger partial charge on any atom is 0.475 e. The molecule has 0 bridgehead atoms. The Labute approximate surface area is 238 Å². The van der Waals surface area contributed by atoms with Crippen LogP contribution < -0.4 is 10.2 Å². The Morgan fingerprint density at radius 2 is 1.67 bits per heavy atom. The van der Waals surface area contributed by atoms with Crippen LogP contribution in [0.2, 0.25) is 10.0 Å². The first-order valence-electron chi connectivity index (χ1n) is 12.3. The van der Waals surface area contributed by atoms with Crippen LogP contribution >= 0.6 is 23.2 Å². The summed E-state index contributed by atoms with van der Waals surface area (Å²) in [6, 6.07) is 20.7. The lowest BCUT2D eigenvalue weighted by Crippen LogP contribution is -2.50. The number of hydrogen-bond acceptors (Lipinski definition) is 5. The summed E-state index contributed by atoms with van der Waals surface area (Å²) < 4.78 is 0. The van der Waals surface area contributed by atoms with E-state index in [1.165, 1.54) is 23.1 Å². The Balaban J connectivity index is 1.89. The molecule has 10 heteroatoms. The van der Waals surface area contributed by atoms with Gasteiger partial charge in [-0.25, -0.2) is 0 Å². The summed E-state index contributed by atoms with van der Waals surface area (Å²) in [6.07, 6.45) is 1.30. The molecule has 0 saturated heterocycles. The van der Waals surface area contributed by atoms with Crippen molar-refractivity contribution in [3.63, 3.8) is 0 Å². The van der Waals surface area contributed by atoms with Gasteiger partial charge < -0.3 is 20.3 Å². The molecule has 3 aromatic rings. The SMILES string of the molecule is C=CC(=O)N(C)c1cccc(C[C@H](CC(=O)c2cc(Cl)ccc2Cl)C(=O)N[C@@H](Cc2ccccc2)B(O)O)c1. The highest BCUT2D eigenvalue weighted by Crippen LogP contribution is 2.26. The number of amides is 2. The van der Waals surface area contributed by atoms with Crippen LogP contribution in [0.5, 0.6) is 0 Å². The van der Waals surface area contributed by atoms with Crippen LogP contribution in [0.4, 0.5) is 5.69 Å². The number of carbonyl (C=O) groups excluding carboxylic acids is 3. The predicted octanol–water partition coefficient (Wildman–Crippen LogP) is 4.31. The third-order valence-electron chi connectivity index (χ3n) is 6.30. The van der Waals surface area contributed by atoms with Crippen LogP contribution in [0.25, 0.3) is 0 Å². The molecular formula is C29H29BCl2N2O5. The van der Waals surface area contributed by atoms with Crippen LogP contribution in [0.3, 0.4) is 0 Å². The largest absolute Gasteiger partial charge is 0.475 e. The number of halogens is 2. The molecule has 2 amide bonds. The van der Waals surface area contributed by atoms with Crippen molar-refractivity contribution in [3.05, 3.63) is 112 Å². The Kier molecular flexibility index (Phi) is 10.9. The first kappa shape index (κ1) is 30.1. The molecule has 0 heterocycles. The highest BCUT2D eigenvalue weighted by Gasteiger charge is 2.31. The van der Waals surface area contributed by atoms with Gasteiger partial charge in [0.05, 0.1) is 11.0 Å². The van der Waals surface area contributed by atoms with Crippen molar-refractivity contribution >= 4 is 53.6 Å². The molecule has 0 aromatic heterocycles. The second kappa shape index (κ2) is 14.1. The number of likely N-dealkylation sites (N-methyl/N-ethyl adjacent to an activating group) is 1. The molecule has 3 N–H and O–H groups in total. The number of carbonyl (C=O) groups is 3. The summed E-state index contributed by atoms with van der Waals surface area (Å²) in [5.41, 5.74) is 2.28. The predicted molar refractivity (Wildman–Crippen MR) is 155 cm³/mol. The number of hydrogen-bond donors (Lipinski definition) is 3. The molecule has 202 valence electrons. The van der Waals surface area contributed by atoms with Gasteiger partial charge in [-0.3, -0.25) is 14.4 Å². The molecule has 0 aliphatic rings. The second-order valence-corrected chi connectivity index (χ2v) is 9.99. The molecule has 0 unspecified atom stereocenters. The Morgan fingerprint density at radius 3 is 2.33 bits per heavy atom. The van der Waals surface area contributed by atoms with Gasteiger partial charge in [-0.1, -0.05) is 72.2 Å². The molecule has 3 rings (SSSR count). The fourth-order valence-electron chi connectivity index (χ4n) is 4.14.